The molecule has 3 rings (SSSR count). The first kappa shape index (κ1) is 20.6. The van der Waals surface area contributed by atoms with Crippen molar-refractivity contribution in [2.45, 2.75) is 12.2 Å². The number of benzene rings is 1. The zero-order valence-electron chi connectivity index (χ0n) is 14.8. The van der Waals surface area contributed by atoms with Crippen LogP contribution in [0.5, 0.6) is 11.5 Å². The van der Waals surface area contributed by atoms with Crippen LogP contribution in [0.25, 0.3) is 0 Å². The van der Waals surface area contributed by atoms with Gasteiger partial charge in [-0.3, -0.25) is 0 Å². The van der Waals surface area contributed by atoms with E-state index in [0.29, 0.717) is 12.1 Å². The Kier molecular flexibility index (Phi) is 5.03. The number of hydrogen-bond donors (Lipinski definition) is 0. The average molecular weight is 425 g/mol. The average Bonchev–Trinajstić information content (AvgIpc) is 2.66. The molecule has 8 nitrogen and oxygen atoms in total. The number of hydrogen-bond acceptors (Lipinski definition) is 8. The lowest BCUT2D eigenvalue weighted by Crippen LogP contribution is -2.52. The van der Waals surface area contributed by atoms with Gasteiger partial charge in [-0.2, -0.15) is 17.6 Å². The van der Waals surface area contributed by atoms with Crippen LogP contribution in [-0.4, -0.2) is 51.7 Å². The molecule has 1 aromatic rings. The first-order valence-corrected chi connectivity index (χ1v) is 7.74. The number of ether oxygens (including phenoxy) is 5. The van der Waals surface area contributed by atoms with E-state index < -0.39 is 59.6 Å². The molecule has 2 aliphatic rings. The molecule has 0 saturated heterocycles. The van der Waals surface area contributed by atoms with Gasteiger partial charge < -0.3 is 28.6 Å². The van der Waals surface area contributed by atoms with Crippen molar-refractivity contribution in [2.75, 3.05) is 32.5 Å². The van der Waals surface area contributed by atoms with Gasteiger partial charge in [-0.1, -0.05) is 0 Å². The summed E-state index contributed by atoms with van der Waals surface area (Å²) in [6.45, 7) is -0.891. The molecular weight excluding hydrogens is 413 g/mol. The van der Waals surface area contributed by atoms with E-state index in [-0.39, 0.29) is 12.2 Å². The maximum atomic E-state index is 14.6. The van der Waals surface area contributed by atoms with Gasteiger partial charge in [0.2, 0.25) is 0 Å². The Balaban J connectivity index is 2.13. The lowest BCUT2D eigenvalue weighted by Gasteiger charge is -2.34. The summed E-state index contributed by atoms with van der Waals surface area (Å²) in [4.78, 5) is 24.9. The van der Waals surface area contributed by atoms with Gasteiger partial charge in [0.05, 0.1) is 32.1 Å². The zero-order chi connectivity index (χ0) is 21.6. The highest BCUT2D eigenvalue weighted by molar-refractivity contribution is 6.03. The Labute approximate surface area is 159 Å². The lowest BCUT2D eigenvalue weighted by atomic mass is 10.1. The second kappa shape index (κ2) is 7.06. The Morgan fingerprint density at radius 1 is 1.00 bits per heavy atom. The fourth-order valence-corrected chi connectivity index (χ4v) is 2.62. The van der Waals surface area contributed by atoms with Crippen molar-refractivity contribution >= 4 is 17.6 Å². The SMILES string of the molecule is COC(=O)C1=C(C(=O)OC)N(c2cc3c(cc2F)OC(F)(F)C(F)(F)O3)COC1. The molecule has 158 valence electrons. The molecule has 1 aromatic carbocycles. The van der Waals surface area contributed by atoms with E-state index in [9.17, 15) is 31.5 Å². The van der Waals surface area contributed by atoms with E-state index in [2.05, 4.69) is 18.9 Å². The minimum atomic E-state index is -5.04. The van der Waals surface area contributed by atoms with Gasteiger partial charge in [-0.15, -0.1) is 0 Å². The van der Waals surface area contributed by atoms with Crippen LogP contribution in [-0.2, 0) is 23.8 Å². The van der Waals surface area contributed by atoms with E-state index in [1.165, 1.54) is 0 Å². The van der Waals surface area contributed by atoms with Crippen LogP contribution in [0.1, 0.15) is 0 Å². The minimum absolute atomic E-state index is 0.336. The third-order valence-electron chi connectivity index (χ3n) is 3.95. The van der Waals surface area contributed by atoms with E-state index in [4.69, 9.17) is 4.74 Å². The van der Waals surface area contributed by atoms with Crippen LogP contribution in [0, 0.1) is 5.82 Å². The van der Waals surface area contributed by atoms with Crippen molar-refractivity contribution in [1.29, 1.82) is 0 Å². The smallest absolute Gasteiger partial charge is 0.466 e. The Morgan fingerprint density at radius 2 is 1.55 bits per heavy atom. The van der Waals surface area contributed by atoms with Gasteiger partial charge in [0, 0.05) is 12.1 Å². The Hall–Kier alpha value is -3.09. The van der Waals surface area contributed by atoms with Gasteiger partial charge in [-0.25, -0.2) is 14.0 Å². The molecule has 0 saturated carbocycles. The monoisotopic (exact) mass is 425 g/mol. The van der Waals surface area contributed by atoms with Crippen molar-refractivity contribution in [1.82, 2.24) is 0 Å². The molecule has 0 N–H and O–H groups in total. The largest absolute Gasteiger partial charge is 0.507 e. The van der Waals surface area contributed by atoms with Gasteiger partial charge in [0.25, 0.3) is 0 Å². The number of esters is 2. The Morgan fingerprint density at radius 3 is 2.10 bits per heavy atom. The zero-order valence-corrected chi connectivity index (χ0v) is 14.8. The number of methoxy groups -OCH3 is 2. The number of anilines is 1. The third kappa shape index (κ3) is 3.41. The fourth-order valence-electron chi connectivity index (χ4n) is 2.62. The first-order chi connectivity index (χ1) is 13.5. The van der Waals surface area contributed by atoms with E-state index in [1.807, 2.05) is 0 Å². The van der Waals surface area contributed by atoms with Crippen molar-refractivity contribution in [3.63, 3.8) is 0 Å². The molecular formula is C16H12F5NO7. The number of alkyl halides is 4. The van der Waals surface area contributed by atoms with Gasteiger partial charge in [0.15, 0.2) is 17.3 Å². The standard InChI is InChI=1S/C16H12F5NO7/c1-25-13(23)7-5-27-6-22(12(7)14(24)26-2)9-4-11-10(3-8(9)17)28-15(18,19)16(20,21)29-11/h3-4H,5-6H2,1-2H3. The lowest BCUT2D eigenvalue weighted by molar-refractivity contribution is -0.391. The molecule has 0 bridgehead atoms. The molecule has 13 heteroatoms. The summed E-state index contributed by atoms with van der Waals surface area (Å²) in [5.74, 6) is -5.24. The molecule has 0 spiro atoms. The number of carbonyl (C=O) groups is 2. The van der Waals surface area contributed by atoms with E-state index in [1.54, 1.807) is 0 Å². The predicted octanol–water partition coefficient (Wildman–Crippen LogP) is 2.18. The summed E-state index contributed by atoms with van der Waals surface area (Å²) in [6, 6.07) is 0.968. The molecule has 0 aromatic heterocycles. The second-order valence-electron chi connectivity index (χ2n) is 5.70. The molecule has 2 heterocycles. The summed E-state index contributed by atoms with van der Waals surface area (Å²) < 4.78 is 90.1. The molecule has 0 fully saturated rings. The normalized spacial score (nSPS) is 19.6. The quantitative estimate of drug-likeness (QED) is 0.539. The summed E-state index contributed by atoms with van der Waals surface area (Å²) >= 11 is 0. The molecule has 0 aliphatic carbocycles. The van der Waals surface area contributed by atoms with Crippen LogP contribution >= 0.6 is 0 Å². The van der Waals surface area contributed by atoms with Crippen molar-refractivity contribution in [2.24, 2.45) is 0 Å². The van der Waals surface area contributed by atoms with E-state index >= 15 is 0 Å². The summed E-state index contributed by atoms with van der Waals surface area (Å²) in [5.41, 5.74) is -1.43. The highest BCUT2D eigenvalue weighted by atomic mass is 19.3. The number of fused-ring (bicyclic) bond motifs is 1. The predicted molar refractivity (Wildman–Crippen MR) is 81.9 cm³/mol. The number of nitrogens with zero attached hydrogens (tertiary/aromatic N) is 1. The molecule has 0 unspecified atom stereocenters. The summed E-state index contributed by atoms with van der Waals surface area (Å²) in [6.07, 6.45) is -10.1. The van der Waals surface area contributed by atoms with Crippen LogP contribution in [0.4, 0.5) is 27.6 Å². The summed E-state index contributed by atoms with van der Waals surface area (Å²) in [5, 5.41) is 0. The van der Waals surface area contributed by atoms with Gasteiger partial charge in [0.1, 0.15) is 12.4 Å². The maximum absolute atomic E-state index is 14.6. The minimum Gasteiger partial charge on any atom is -0.466 e. The molecule has 0 amide bonds. The maximum Gasteiger partial charge on any atom is 0.507 e. The van der Waals surface area contributed by atoms with Crippen LogP contribution in [0.3, 0.4) is 0 Å². The second-order valence-corrected chi connectivity index (χ2v) is 5.70. The highest BCUT2D eigenvalue weighted by Gasteiger charge is 2.66. The summed E-state index contributed by atoms with van der Waals surface area (Å²) in [7, 11) is 2.01. The molecule has 0 radical (unpaired) electrons. The van der Waals surface area contributed by atoms with E-state index in [0.717, 1.165) is 19.1 Å². The Bertz CT molecular complexity index is 902. The van der Waals surface area contributed by atoms with Gasteiger partial charge in [-0.05, 0) is 0 Å². The van der Waals surface area contributed by atoms with Crippen LogP contribution in [0.15, 0.2) is 23.4 Å². The van der Waals surface area contributed by atoms with Crippen molar-refractivity contribution in [3.8, 4) is 11.5 Å². The van der Waals surface area contributed by atoms with Crippen LogP contribution in [0.2, 0.25) is 0 Å². The number of rotatable bonds is 3. The number of halogens is 5. The van der Waals surface area contributed by atoms with Gasteiger partial charge >= 0.3 is 24.2 Å². The van der Waals surface area contributed by atoms with Crippen LogP contribution < -0.4 is 14.4 Å². The third-order valence-corrected chi connectivity index (χ3v) is 3.95. The molecule has 2 aliphatic heterocycles. The molecule has 0 atom stereocenters. The highest BCUT2D eigenvalue weighted by Crippen LogP contribution is 2.49. The first-order valence-electron chi connectivity index (χ1n) is 7.74. The topological polar surface area (TPSA) is 83.5 Å². The molecule has 29 heavy (non-hydrogen) atoms. The van der Waals surface area contributed by atoms with Crippen molar-refractivity contribution < 1.29 is 55.2 Å². The van der Waals surface area contributed by atoms with Crippen molar-refractivity contribution in [3.05, 3.63) is 29.2 Å². The fraction of sp³-hybridized carbons (Fsp3) is 0.375. The number of carbonyl (C=O) groups excluding carboxylic acids is 2.